The molecular formula is C27H34N4O7. The molecule has 0 unspecified atom stereocenters. The average Bonchev–Trinajstić information content (AvgIpc) is 2.92. The molecule has 1 heterocycles. The molecule has 1 fully saturated rings. The van der Waals surface area contributed by atoms with E-state index < -0.39 is 23.0 Å². The van der Waals surface area contributed by atoms with E-state index in [1.165, 1.54) is 12.1 Å². The van der Waals surface area contributed by atoms with Crippen LogP contribution in [0.1, 0.15) is 44.6 Å². The van der Waals surface area contributed by atoms with Gasteiger partial charge in [0.2, 0.25) is 5.91 Å². The summed E-state index contributed by atoms with van der Waals surface area (Å²) in [5, 5.41) is 16.5. The summed E-state index contributed by atoms with van der Waals surface area (Å²) in [6.45, 7) is 3.41. The Morgan fingerprint density at radius 3 is 2.50 bits per heavy atom. The number of hydrogen-bond donors (Lipinski definition) is 2. The fourth-order valence-corrected chi connectivity index (χ4v) is 4.08. The number of carbonyl (C=O) groups excluding carboxylic acids is 3. The number of piperidine rings is 1. The van der Waals surface area contributed by atoms with Gasteiger partial charge in [-0.2, -0.15) is 0 Å². The molecule has 0 bridgehead atoms. The van der Waals surface area contributed by atoms with Gasteiger partial charge in [0.1, 0.15) is 12.6 Å². The first-order chi connectivity index (χ1) is 18.4. The third-order valence-electron chi connectivity index (χ3n) is 6.19. The van der Waals surface area contributed by atoms with Gasteiger partial charge in [-0.3, -0.25) is 14.9 Å². The van der Waals surface area contributed by atoms with Crippen LogP contribution in [0.25, 0.3) is 0 Å². The van der Waals surface area contributed by atoms with E-state index in [1.54, 1.807) is 6.07 Å². The van der Waals surface area contributed by atoms with Crippen molar-refractivity contribution in [3.05, 3.63) is 70.3 Å². The highest BCUT2D eigenvalue weighted by Gasteiger charge is 2.28. The molecule has 0 radical (unpaired) electrons. The van der Waals surface area contributed by atoms with Crippen LogP contribution in [-0.4, -0.2) is 54.7 Å². The maximum absolute atomic E-state index is 12.8. The van der Waals surface area contributed by atoms with E-state index in [1.807, 2.05) is 48.2 Å². The molecule has 0 spiro atoms. The summed E-state index contributed by atoms with van der Waals surface area (Å²) in [6, 6.07) is 14.3. The Labute approximate surface area is 221 Å². The summed E-state index contributed by atoms with van der Waals surface area (Å²) in [5.41, 5.74) is 1.58. The Kier molecular flexibility index (Phi) is 10.9. The lowest BCUT2D eigenvalue weighted by atomic mass is 10.0. The second-order valence-corrected chi connectivity index (χ2v) is 9.09. The van der Waals surface area contributed by atoms with Crippen LogP contribution < -0.4 is 15.5 Å². The van der Waals surface area contributed by atoms with Gasteiger partial charge in [0, 0.05) is 37.0 Å². The molecule has 1 aliphatic heterocycles. The highest BCUT2D eigenvalue weighted by atomic mass is 16.6. The summed E-state index contributed by atoms with van der Waals surface area (Å²) < 4.78 is 10.5. The minimum absolute atomic E-state index is 0.0274. The summed E-state index contributed by atoms with van der Waals surface area (Å²) in [6.07, 6.45) is 1.67. The molecule has 38 heavy (non-hydrogen) atoms. The fourth-order valence-electron chi connectivity index (χ4n) is 4.08. The van der Waals surface area contributed by atoms with E-state index in [4.69, 9.17) is 9.47 Å². The van der Waals surface area contributed by atoms with Gasteiger partial charge in [0.15, 0.2) is 0 Å². The number of alkyl carbamates (subject to hydrolysis) is 1. The number of benzene rings is 2. The van der Waals surface area contributed by atoms with E-state index in [0.29, 0.717) is 32.4 Å². The topological polar surface area (TPSA) is 140 Å². The molecule has 0 aliphatic carbocycles. The van der Waals surface area contributed by atoms with E-state index in [0.717, 1.165) is 17.7 Å². The number of nitrogens with zero attached hydrogens (tertiary/aromatic N) is 2. The van der Waals surface area contributed by atoms with Gasteiger partial charge >= 0.3 is 12.1 Å². The number of non-ortho nitro benzene ring substituents is 1. The summed E-state index contributed by atoms with van der Waals surface area (Å²) in [7, 11) is 0. The smallest absolute Gasteiger partial charge is 0.408 e. The van der Waals surface area contributed by atoms with Crippen LogP contribution in [0.4, 0.5) is 16.2 Å². The van der Waals surface area contributed by atoms with Gasteiger partial charge in [-0.05, 0) is 30.9 Å². The zero-order valence-electron chi connectivity index (χ0n) is 21.5. The van der Waals surface area contributed by atoms with Crippen molar-refractivity contribution in [1.82, 2.24) is 10.6 Å². The molecule has 204 valence electrons. The molecule has 1 atom stereocenters. The maximum atomic E-state index is 12.8. The van der Waals surface area contributed by atoms with Crippen LogP contribution in [0.5, 0.6) is 0 Å². The molecule has 3 rings (SSSR count). The van der Waals surface area contributed by atoms with Crippen molar-refractivity contribution < 1.29 is 28.8 Å². The molecule has 1 aliphatic rings. The molecular weight excluding hydrogens is 492 g/mol. The highest BCUT2D eigenvalue weighted by molar-refractivity contribution is 5.88. The predicted molar refractivity (Wildman–Crippen MR) is 141 cm³/mol. The number of nitro benzene ring substituents is 1. The molecule has 2 N–H and O–H groups in total. The number of carbonyl (C=O) groups is 3. The lowest BCUT2D eigenvalue weighted by Crippen LogP contribution is -2.49. The van der Waals surface area contributed by atoms with Gasteiger partial charge in [0.25, 0.3) is 5.69 Å². The molecule has 11 nitrogen and oxygen atoms in total. The van der Waals surface area contributed by atoms with E-state index in [9.17, 15) is 24.5 Å². The van der Waals surface area contributed by atoms with E-state index in [2.05, 4.69) is 10.6 Å². The Hall–Kier alpha value is -4.15. The lowest BCUT2D eigenvalue weighted by Gasteiger charge is -2.34. The number of nitrogens with one attached hydrogen (secondary N) is 2. The van der Waals surface area contributed by atoms with Crippen LogP contribution in [0.3, 0.4) is 0 Å². The third-order valence-corrected chi connectivity index (χ3v) is 6.19. The standard InChI is InChI=1S/C27H34N4O7/c1-2-3-16-37-26(33)24(29-27(34)38-19-20-8-5-4-6-9-20)18-25(32)28-21-12-14-30(15-13-21)22-10-7-11-23(17-22)31(35)36/h4-11,17,21,24H,2-3,12-16,18-19H2,1H3,(H,28,32)(H,29,34)/t24-/m0/s1. The number of esters is 1. The quantitative estimate of drug-likeness (QED) is 0.185. The Balaban J connectivity index is 1.51. The van der Waals surface area contributed by atoms with Crippen LogP contribution >= 0.6 is 0 Å². The SMILES string of the molecule is CCCCOC(=O)[C@H](CC(=O)NC1CCN(c2cccc([N+](=O)[O-])c2)CC1)NC(=O)OCc1ccccc1. The Bertz CT molecular complexity index is 1090. The van der Waals surface area contributed by atoms with Gasteiger partial charge in [0.05, 0.1) is 18.0 Å². The number of ether oxygens (including phenoxy) is 2. The van der Waals surface area contributed by atoms with Gasteiger partial charge in [-0.1, -0.05) is 49.7 Å². The minimum Gasteiger partial charge on any atom is -0.464 e. The minimum atomic E-state index is -1.18. The van der Waals surface area contributed by atoms with E-state index in [-0.39, 0.29) is 37.3 Å². The van der Waals surface area contributed by atoms with Crippen LogP contribution in [0, 0.1) is 10.1 Å². The van der Waals surface area contributed by atoms with Crippen molar-refractivity contribution in [3.8, 4) is 0 Å². The van der Waals surface area contributed by atoms with Crippen molar-refractivity contribution in [2.24, 2.45) is 0 Å². The normalized spacial score (nSPS) is 14.3. The van der Waals surface area contributed by atoms with Gasteiger partial charge in [-0.15, -0.1) is 0 Å². The van der Waals surface area contributed by atoms with Gasteiger partial charge < -0.3 is 25.0 Å². The summed E-state index contributed by atoms with van der Waals surface area (Å²) >= 11 is 0. The predicted octanol–water partition coefficient (Wildman–Crippen LogP) is 3.71. The fraction of sp³-hybridized carbons (Fsp3) is 0.444. The third kappa shape index (κ3) is 9.06. The van der Waals surface area contributed by atoms with Crippen LogP contribution in [-0.2, 0) is 25.7 Å². The lowest BCUT2D eigenvalue weighted by molar-refractivity contribution is -0.384. The number of rotatable bonds is 12. The summed E-state index contributed by atoms with van der Waals surface area (Å²) in [4.78, 5) is 50.4. The summed E-state index contributed by atoms with van der Waals surface area (Å²) in [5.74, 6) is -1.08. The average molecular weight is 527 g/mol. The molecule has 2 aromatic carbocycles. The van der Waals surface area contributed by atoms with E-state index >= 15 is 0 Å². The second kappa shape index (κ2) is 14.6. The zero-order chi connectivity index (χ0) is 27.3. The molecule has 11 heteroatoms. The Morgan fingerprint density at radius 2 is 1.82 bits per heavy atom. The van der Waals surface area contributed by atoms with Gasteiger partial charge in [-0.25, -0.2) is 9.59 Å². The monoisotopic (exact) mass is 526 g/mol. The van der Waals surface area contributed by atoms with Crippen molar-refractivity contribution in [2.45, 2.75) is 57.7 Å². The number of nitro groups is 1. The number of anilines is 1. The first kappa shape index (κ1) is 28.4. The largest absolute Gasteiger partial charge is 0.464 e. The molecule has 0 saturated carbocycles. The molecule has 0 aromatic heterocycles. The van der Waals surface area contributed by atoms with Crippen molar-refractivity contribution in [3.63, 3.8) is 0 Å². The van der Waals surface area contributed by atoms with Crippen LogP contribution in [0.2, 0.25) is 0 Å². The first-order valence-corrected chi connectivity index (χ1v) is 12.8. The number of unbranched alkanes of at least 4 members (excludes halogenated alkanes) is 1. The van der Waals surface area contributed by atoms with Crippen molar-refractivity contribution in [1.29, 1.82) is 0 Å². The molecule has 2 aromatic rings. The zero-order valence-corrected chi connectivity index (χ0v) is 21.5. The van der Waals surface area contributed by atoms with Crippen molar-refractivity contribution >= 4 is 29.3 Å². The highest BCUT2D eigenvalue weighted by Crippen LogP contribution is 2.24. The second-order valence-electron chi connectivity index (χ2n) is 9.09. The van der Waals surface area contributed by atoms with Crippen LogP contribution in [0.15, 0.2) is 54.6 Å². The number of hydrogen-bond acceptors (Lipinski definition) is 8. The number of amides is 2. The Morgan fingerprint density at radius 1 is 1.08 bits per heavy atom. The first-order valence-electron chi connectivity index (χ1n) is 12.8. The van der Waals surface area contributed by atoms with Crippen molar-refractivity contribution in [2.75, 3.05) is 24.6 Å². The molecule has 2 amide bonds. The molecule has 1 saturated heterocycles. The maximum Gasteiger partial charge on any atom is 0.408 e.